The molecule has 0 aromatic heterocycles. The van der Waals surface area contributed by atoms with E-state index in [1.807, 2.05) is 0 Å². The number of halogens is 2. The lowest BCUT2D eigenvalue weighted by Crippen LogP contribution is -2.42. The molecule has 3 aromatic carbocycles. The monoisotopic (exact) mass is 469 g/mol. The lowest BCUT2D eigenvalue weighted by atomic mass is 10.3. The van der Waals surface area contributed by atoms with Crippen molar-refractivity contribution in [3.05, 3.63) is 72.8 Å². The van der Waals surface area contributed by atoms with Crippen molar-refractivity contribution in [2.24, 2.45) is 0 Å². The molecule has 0 spiro atoms. The van der Waals surface area contributed by atoms with Crippen LogP contribution in [0.3, 0.4) is 0 Å². The summed E-state index contributed by atoms with van der Waals surface area (Å²) in [4.78, 5) is 2.52. The Kier molecular flexibility index (Phi) is 6.44. The molecule has 10 heteroatoms. The first-order valence-electron chi connectivity index (χ1n) is 8.93. The minimum absolute atomic E-state index is 0.000428. The van der Waals surface area contributed by atoms with Crippen molar-refractivity contribution in [2.75, 3.05) is 0 Å². The molecule has 3 N–H and O–H groups in total. The zero-order valence-corrected chi connectivity index (χ0v) is 17.8. The van der Waals surface area contributed by atoms with E-state index in [4.69, 9.17) is 9.29 Å². The highest BCUT2D eigenvalue weighted by Crippen LogP contribution is 2.34. The number of phenolic OH excluding ortho intramolecular Hbond substituents is 2. The van der Waals surface area contributed by atoms with E-state index in [2.05, 4.69) is 0 Å². The first-order chi connectivity index (χ1) is 14.5. The average molecular weight is 470 g/mol. The van der Waals surface area contributed by atoms with Gasteiger partial charge in [0, 0.05) is 0 Å². The molecule has 0 aliphatic heterocycles. The fourth-order valence-electron chi connectivity index (χ4n) is 2.71. The van der Waals surface area contributed by atoms with Crippen molar-refractivity contribution in [3.8, 4) is 17.2 Å². The van der Waals surface area contributed by atoms with Crippen LogP contribution in [0.2, 0.25) is 0 Å². The fraction of sp³-hybridized carbons (Fsp3) is 0.143. The Bertz CT molecular complexity index is 1090. The van der Waals surface area contributed by atoms with Gasteiger partial charge in [0.25, 0.3) is 0 Å². The van der Waals surface area contributed by atoms with E-state index < -0.39 is 32.4 Å². The zero-order valence-electron chi connectivity index (χ0n) is 16.1. The summed E-state index contributed by atoms with van der Waals surface area (Å²) in [5.74, 6) is 0.213. The molecule has 6 nitrogen and oxygen atoms in total. The van der Waals surface area contributed by atoms with Crippen LogP contribution >= 0.6 is 0 Å². The number of benzene rings is 3. The maximum atomic E-state index is 13.7. The zero-order chi connectivity index (χ0) is 22.8. The third-order valence-corrected chi connectivity index (χ3v) is 7.58. The number of phenols is 2. The number of rotatable bonds is 7. The quantitative estimate of drug-likeness (QED) is 0.349. The van der Waals surface area contributed by atoms with Crippen molar-refractivity contribution in [2.45, 2.75) is 33.0 Å². The van der Waals surface area contributed by atoms with Gasteiger partial charge in [-0.1, -0.05) is 0 Å². The number of hydrogen-bond acceptors (Lipinski definition) is 5. The fourth-order valence-corrected chi connectivity index (χ4v) is 5.22. The second kappa shape index (κ2) is 8.74. The molecule has 0 bridgehead atoms. The van der Waals surface area contributed by atoms with Crippen LogP contribution < -0.4 is 4.74 Å². The predicted molar refractivity (Wildman–Crippen MR) is 111 cm³/mol. The minimum Gasteiger partial charge on any atom is -0.508 e. The van der Waals surface area contributed by atoms with Gasteiger partial charge in [-0.05, 0) is 79.7 Å². The Labute approximate surface area is 180 Å². The van der Waals surface area contributed by atoms with Crippen LogP contribution in [-0.2, 0) is 21.0 Å². The summed E-state index contributed by atoms with van der Waals surface area (Å²) in [5, 5.41) is 14.7. The summed E-state index contributed by atoms with van der Waals surface area (Å²) in [6, 6.07) is 19.4. The van der Waals surface area contributed by atoms with Crippen LogP contribution in [-0.4, -0.2) is 34.5 Å². The van der Waals surface area contributed by atoms with Gasteiger partial charge in [-0.2, -0.15) is 17.2 Å². The van der Waals surface area contributed by atoms with Crippen molar-refractivity contribution < 1.29 is 36.7 Å². The molecule has 0 saturated carbocycles. The summed E-state index contributed by atoms with van der Waals surface area (Å²) < 4.78 is 62.9. The third-order valence-electron chi connectivity index (χ3n) is 4.33. The van der Waals surface area contributed by atoms with E-state index in [1.165, 1.54) is 12.1 Å². The summed E-state index contributed by atoms with van der Waals surface area (Å²) in [5.41, 5.74) is 0. The van der Waals surface area contributed by atoms with Gasteiger partial charge in [0.1, 0.15) is 17.2 Å². The molecule has 0 amide bonds. The van der Waals surface area contributed by atoms with Gasteiger partial charge in [0.15, 0.2) is 20.8 Å². The van der Waals surface area contributed by atoms with Crippen molar-refractivity contribution in [3.63, 3.8) is 0 Å². The SMILES string of the molecule is CC(Oc1ccc([S+](c2ccc(O)cc2)c2ccc(O)cc2)cc1)C(F)(F)S(=O)(=O)O. The number of alkyl halides is 2. The third kappa shape index (κ3) is 5.09. The normalized spacial score (nSPS) is 13.2. The molecule has 0 heterocycles. The molecule has 0 saturated heterocycles. The summed E-state index contributed by atoms with van der Waals surface area (Å²) in [6.07, 6.45) is -2.11. The lowest BCUT2D eigenvalue weighted by Gasteiger charge is -2.21. The minimum atomic E-state index is -5.62. The second-order valence-corrected chi connectivity index (χ2v) is 10.1. The van der Waals surface area contributed by atoms with Gasteiger partial charge < -0.3 is 14.9 Å². The number of aromatic hydroxyl groups is 2. The summed E-state index contributed by atoms with van der Waals surface area (Å²) >= 11 is 0. The molecule has 31 heavy (non-hydrogen) atoms. The molecule has 0 fully saturated rings. The predicted octanol–water partition coefficient (Wildman–Crippen LogP) is 4.44. The average Bonchev–Trinajstić information content (AvgIpc) is 2.71. The first kappa shape index (κ1) is 22.9. The molecule has 3 aromatic rings. The van der Waals surface area contributed by atoms with Crippen LogP contribution in [0.25, 0.3) is 0 Å². The van der Waals surface area contributed by atoms with Crippen molar-refractivity contribution in [1.29, 1.82) is 0 Å². The Morgan fingerprint density at radius 3 is 1.52 bits per heavy atom. The molecule has 0 radical (unpaired) electrons. The van der Waals surface area contributed by atoms with E-state index in [9.17, 15) is 27.4 Å². The molecular weight excluding hydrogens is 450 g/mol. The van der Waals surface area contributed by atoms with Gasteiger partial charge >= 0.3 is 15.4 Å². The molecule has 1 unspecified atom stereocenters. The van der Waals surface area contributed by atoms with E-state index >= 15 is 0 Å². The maximum absolute atomic E-state index is 13.7. The molecule has 3 rings (SSSR count). The standard InChI is InChI=1S/C21H18F2O6S2/c1-14(21(22,23)31(26,27)28)29-17-6-12-20(13-7-17)30(18-8-2-15(24)3-9-18)19-10-4-16(25)5-11-19/h2-14H,1H3,(H2-,24,25,26,27,28)/p+1. The van der Waals surface area contributed by atoms with Gasteiger partial charge in [-0.3, -0.25) is 4.55 Å². The lowest BCUT2D eigenvalue weighted by molar-refractivity contribution is -0.0236. The molecule has 1 atom stereocenters. The van der Waals surface area contributed by atoms with Crippen LogP contribution in [0, 0.1) is 0 Å². The van der Waals surface area contributed by atoms with Gasteiger partial charge in [-0.25, -0.2) is 0 Å². The largest absolute Gasteiger partial charge is 0.508 e. The highest BCUT2D eigenvalue weighted by atomic mass is 32.2. The number of hydrogen-bond donors (Lipinski definition) is 3. The van der Waals surface area contributed by atoms with Gasteiger partial charge in [0.2, 0.25) is 0 Å². The van der Waals surface area contributed by atoms with Crippen LogP contribution in [0.15, 0.2) is 87.5 Å². The Morgan fingerprint density at radius 1 is 0.806 bits per heavy atom. The Hall–Kier alpha value is -2.82. The molecule has 0 aliphatic rings. The summed E-state index contributed by atoms with van der Waals surface area (Å²) in [7, 11) is -6.27. The van der Waals surface area contributed by atoms with Crippen LogP contribution in [0.5, 0.6) is 17.2 Å². The first-order valence-corrected chi connectivity index (χ1v) is 11.6. The Morgan fingerprint density at radius 2 is 1.16 bits per heavy atom. The smallest absolute Gasteiger partial charge is 0.405 e. The van der Waals surface area contributed by atoms with Gasteiger partial charge in [-0.15, -0.1) is 0 Å². The molecule has 164 valence electrons. The van der Waals surface area contributed by atoms with Crippen molar-refractivity contribution in [1.82, 2.24) is 0 Å². The van der Waals surface area contributed by atoms with E-state index in [1.54, 1.807) is 60.7 Å². The molecule has 0 aliphatic carbocycles. The highest BCUT2D eigenvalue weighted by molar-refractivity contribution is 7.97. The van der Waals surface area contributed by atoms with E-state index in [0.717, 1.165) is 21.6 Å². The van der Waals surface area contributed by atoms with Crippen LogP contribution in [0.1, 0.15) is 6.92 Å². The molecular formula is C21H19F2O6S2+. The van der Waals surface area contributed by atoms with Gasteiger partial charge in [0.05, 0.1) is 10.9 Å². The van der Waals surface area contributed by atoms with E-state index in [0.29, 0.717) is 0 Å². The second-order valence-electron chi connectivity index (χ2n) is 6.56. The maximum Gasteiger partial charge on any atom is 0.405 e. The Balaban J connectivity index is 1.92. The van der Waals surface area contributed by atoms with Crippen molar-refractivity contribution >= 4 is 21.0 Å². The van der Waals surface area contributed by atoms with Crippen LogP contribution in [0.4, 0.5) is 8.78 Å². The topological polar surface area (TPSA) is 104 Å². The number of ether oxygens (including phenoxy) is 1. The van der Waals surface area contributed by atoms with E-state index in [-0.39, 0.29) is 17.2 Å². The summed E-state index contributed by atoms with van der Waals surface area (Å²) in [6.45, 7) is 0.846. The highest BCUT2D eigenvalue weighted by Gasteiger charge is 2.51.